The van der Waals surface area contributed by atoms with Crippen molar-refractivity contribution in [2.24, 2.45) is 5.73 Å². The van der Waals surface area contributed by atoms with Gasteiger partial charge in [0.15, 0.2) is 0 Å². The molecule has 0 unspecified atom stereocenters. The van der Waals surface area contributed by atoms with E-state index in [-0.39, 0.29) is 5.41 Å². The third kappa shape index (κ3) is 3.47. The van der Waals surface area contributed by atoms with Gasteiger partial charge in [-0.2, -0.15) is 0 Å². The maximum Gasteiger partial charge on any atom is 0.123 e. The minimum atomic E-state index is 0.108. The van der Waals surface area contributed by atoms with Crippen LogP contribution in [0.4, 0.5) is 0 Å². The van der Waals surface area contributed by atoms with Gasteiger partial charge in [0, 0.05) is 0 Å². The highest BCUT2D eigenvalue weighted by molar-refractivity contribution is 5.45. The predicted molar refractivity (Wildman–Crippen MR) is 73.8 cm³/mol. The lowest BCUT2D eigenvalue weighted by atomic mass is 9.84. The molecule has 2 N–H and O–H groups in total. The van der Waals surface area contributed by atoms with Gasteiger partial charge < -0.3 is 10.5 Å². The van der Waals surface area contributed by atoms with Crippen LogP contribution in [0.3, 0.4) is 0 Å². The molecule has 2 nitrogen and oxygen atoms in total. The molecular formula is C15H25NO. The molecule has 0 amide bonds. The minimum absolute atomic E-state index is 0.108. The van der Waals surface area contributed by atoms with E-state index in [9.17, 15) is 0 Å². The fraction of sp³-hybridized carbons (Fsp3) is 0.600. The second kappa shape index (κ2) is 5.54. The Kier molecular flexibility index (Phi) is 4.58. The van der Waals surface area contributed by atoms with E-state index in [1.54, 1.807) is 0 Å². The number of rotatable bonds is 4. The zero-order valence-electron chi connectivity index (χ0n) is 11.8. The lowest BCUT2D eigenvalue weighted by Crippen LogP contribution is -2.15. The molecule has 1 rings (SSSR count). The monoisotopic (exact) mass is 235 g/mol. The molecule has 0 aliphatic rings. The Morgan fingerprint density at radius 2 is 1.88 bits per heavy atom. The first-order valence-corrected chi connectivity index (χ1v) is 6.37. The molecule has 0 saturated heterocycles. The fourth-order valence-electron chi connectivity index (χ4n) is 2.02. The zero-order chi connectivity index (χ0) is 13.1. The molecule has 0 radical (unpaired) electrons. The van der Waals surface area contributed by atoms with Crippen LogP contribution in [0.2, 0.25) is 0 Å². The largest absolute Gasteiger partial charge is 0.494 e. The van der Waals surface area contributed by atoms with E-state index in [4.69, 9.17) is 10.5 Å². The summed E-state index contributed by atoms with van der Waals surface area (Å²) in [6, 6.07) is 4.41. The van der Waals surface area contributed by atoms with Crippen molar-refractivity contribution in [3.05, 3.63) is 28.8 Å². The minimum Gasteiger partial charge on any atom is -0.494 e. The Balaban J connectivity index is 3.25. The lowest BCUT2D eigenvalue weighted by molar-refractivity contribution is 0.329. The summed E-state index contributed by atoms with van der Waals surface area (Å²) in [5.74, 6) is 1.01. The molecule has 1 aromatic rings. The zero-order valence-corrected chi connectivity index (χ0v) is 11.8. The van der Waals surface area contributed by atoms with Crippen LogP contribution in [0, 0.1) is 6.92 Å². The third-order valence-electron chi connectivity index (χ3n) is 2.96. The molecular weight excluding hydrogens is 210 g/mol. The van der Waals surface area contributed by atoms with E-state index in [1.165, 1.54) is 16.7 Å². The average Bonchev–Trinajstić information content (AvgIpc) is 2.21. The number of hydrogen-bond donors (Lipinski definition) is 1. The van der Waals surface area contributed by atoms with Gasteiger partial charge in [-0.1, -0.05) is 26.8 Å². The van der Waals surface area contributed by atoms with Crippen LogP contribution in [0.1, 0.15) is 44.4 Å². The molecule has 0 fully saturated rings. The Morgan fingerprint density at radius 3 is 2.35 bits per heavy atom. The molecule has 96 valence electrons. The van der Waals surface area contributed by atoms with Gasteiger partial charge in [0.05, 0.1) is 6.61 Å². The lowest BCUT2D eigenvalue weighted by Gasteiger charge is -2.24. The molecule has 0 aromatic heterocycles. The summed E-state index contributed by atoms with van der Waals surface area (Å²) in [4.78, 5) is 0. The summed E-state index contributed by atoms with van der Waals surface area (Å²) in [5, 5.41) is 0. The summed E-state index contributed by atoms with van der Waals surface area (Å²) in [7, 11) is 0. The van der Waals surface area contributed by atoms with Gasteiger partial charge in [-0.05, 0) is 55.0 Å². The third-order valence-corrected chi connectivity index (χ3v) is 2.96. The van der Waals surface area contributed by atoms with Crippen molar-refractivity contribution in [2.75, 3.05) is 13.2 Å². The molecule has 0 heterocycles. The van der Waals surface area contributed by atoms with E-state index in [1.807, 2.05) is 6.92 Å². The Morgan fingerprint density at radius 1 is 1.24 bits per heavy atom. The van der Waals surface area contributed by atoms with Gasteiger partial charge in [0.2, 0.25) is 0 Å². The van der Waals surface area contributed by atoms with Crippen LogP contribution in [-0.4, -0.2) is 13.2 Å². The van der Waals surface area contributed by atoms with E-state index >= 15 is 0 Å². The molecule has 0 aliphatic carbocycles. The number of aryl methyl sites for hydroxylation is 1. The van der Waals surface area contributed by atoms with Crippen molar-refractivity contribution >= 4 is 0 Å². The van der Waals surface area contributed by atoms with Crippen molar-refractivity contribution in [1.29, 1.82) is 0 Å². The smallest absolute Gasteiger partial charge is 0.123 e. The highest BCUT2D eigenvalue weighted by Gasteiger charge is 2.20. The molecule has 0 bridgehead atoms. The number of nitrogens with two attached hydrogens (primary N) is 1. The van der Waals surface area contributed by atoms with Gasteiger partial charge >= 0.3 is 0 Å². The second-order valence-electron chi connectivity index (χ2n) is 5.50. The molecule has 0 spiro atoms. The van der Waals surface area contributed by atoms with Gasteiger partial charge in [-0.3, -0.25) is 0 Å². The topological polar surface area (TPSA) is 35.2 Å². The molecule has 17 heavy (non-hydrogen) atoms. The van der Waals surface area contributed by atoms with Gasteiger partial charge in [0.1, 0.15) is 5.75 Å². The first-order valence-electron chi connectivity index (χ1n) is 6.37. The Labute approximate surface area is 105 Å². The highest BCUT2D eigenvalue weighted by Crippen LogP contribution is 2.33. The van der Waals surface area contributed by atoms with Crippen LogP contribution in [0.25, 0.3) is 0 Å². The van der Waals surface area contributed by atoms with Gasteiger partial charge in [0.25, 0.3) is 0 Å². The maximum atomic E-state index is 5.76. The van der Waals surface area contributed by atoms with Gasteiger partial charge in [-0.25, -0.2) is 0 Å². The normalized spacial score (nSPS) is 11.6. The maximum absolute atomic E-state index is 5.76. The summed E-state index contributed by atoms with van der Waals surface area (Å²) in [6.45, 7) is 12.2. The quantitative estimate of drug-likeness (QED) is 0.870. The highest BCUT2D eigenvalue weighted by atomic mass is 16.5. The van der Waals surface area contributed by atoms with Crippen molar-refractivity contribution in [2.45, 2.75) is 46.5 Å². The summed E-state index contributed by atoms with van der Waals surface area (Å²) >= 11 is 0. The van der Waals surface area contributed by atoms with Crippen molar-refractivity contribution in [3.63, 3.8) is 0 Å². The van der Waals surface area contributed by atoms with Crippen molar-refractivity contribution < 1.29 is 4.74 Å². The Bertz CT molecular complexity index is 377. The van der Waals surface area contributed by atoms with Crippen LogP contribution in [0.15, 0.2) is 12.1 Å². The summed E-state index contributed by atoms with van der Waals surface area (Å²) in [6.07, 6.45) is 0.913. The standard InChI is InChI=1S/C15H25NO/c1-6-17-14-10-12(7-8-16)11(2)9-13(14)15(3,4)5/h9-10H,6-8,16H2,1-5H3. The first kappa shape index (κ1) is 14.0. The average molecular weight is 235 g/mol. The molecule has 0 atom stereocenters. The number of hydrogen-bond acceptors (Lipinski definition) is 2. The summed E-state index contributed by atoms with van der Waals surface area (Å²) in [5.41, 5.74) is 9.62. The number of ether oxygens (including phenoxy) is 1. The van der Waals surface area contributed by atoms with E-state index in [0.29, 0.717) is 13.2 Å². The fourth-order valence-corrected chi connectivity index (χ4v) is 2.02. The molecule has 2 heteroatoms. The van der Waals surface area contributed by atoms with Crippen LogP contribution in [0.5, 0.6) is 5.75 Å². The van der Waals surface area contributed by atoms with E-state index < -0.39 is 0 Å². The first-order chi connectivity index (χ1) is 7.90. The van der Waals surface area contributed by atoms with Crippen LogP contribution < -0.4 is 10.5 Å². The number of benzene rings is 1. The predicted octanol–water partition coefficient (Wildman–Crippen LogP) is 3.19. The molecule has 0 saturated carbocycles. The SMILES string of the molecule is CCOc1cc(CCN)c(C)cc1C(C)(C)C. The summed E-state index contributed by atoms with van der Waals surface area (Å²) < 4.78 is 5.76. The second-order valence-corrected chi connectivity index (χ2v) is 5.50. The van der Waals surface area contributed by atoms with Crippen LogP contribution >= 0.6 is 0 Å². The van der Waals surface area contributed by atoms with Gasteiger partial charge in [-0.15, -0.1) is 0 Å². The van der Waals surface area contributed by atoms with Crippen molar-refractivity contribution in [3.8, 4) is 5.75 Å². The van der Waals surface area contributed by atoms with E-state index in [2.05, 4.69) is 39.8 Å². The van der Waals surface area contributed by atoms with E-state index in [0.717, 1.165) is 12.2 Å². The molecule has 0 aliphatic heterocycles. The molecule has 1 aromatic carbocycles. The van der Waals surface area contributed by atoms with Crippen molar-refractivity contribution in [1.82, 2.24) is 0 Å². The Hall–Kier alpha value is -1.02. The van der Waals surface area contributed by atoms with Crippen LogP contribution in [-0.2, 0) is 11.8 Å².